The minimum Gasteiger partial charge on any atom is -0.393 e. The van der Waals surface area contributed by atoms with E-state index >= 15 is 0 Å². The van der Waals surface area contributed by atoms with Crippen molar-refractivity contribution in [2.24, 2.45) is 5.18 Å². The number of piperidine rings is 1. The quantitative estimate of drug-likeness (QED) is 0.0764. The van der Waals surface area contributed by atoms with Gasteiger partial charge in [0, 0.05) is 83.3 Å². The number of hydrogen-bond acceptors (Lipinski definition) is 13. The molecule has 13 rings (SSSR count). The van der Waals surface area contributed by atoms with E-state index in [9.17, 15) is 10.0 Å². The van der Waals surface area contributed by atoms with Crippen molar-refractivity contribution in [1.29, 1.82) is 0 Å². The van der Waals surface area contributed by atoms with Crippen LogP contribution in [-0.2, 0) is 13.1 Å². The Bertz CT molecular complexity index is 3590. The molecule has 76 heavy (non-hydrogen) atoms. The van der Waals surface area contributed by atoms with Crippen LogP contribution in [-0.4, -0.2) is 115 Å². The van der Waals surface area contributed by atoms with Crippen LogP contribution in [0.1, 0.15) is 119 Å². The predicted molar refractivity (Wildman–Crippen MR) is 300 cm³/mol. The second-order valence-electron chi connectivity index (χ2n) is 20.9. The van der Waals surface area contributed by atoms with E-state index in [1.165, 1.54) is 43.5 Å². The maximum Gasteiger partial charge on any atom is 0.159 e. The molecule has 17 heteroatoms. The second kappa shape index (κ2) is 22.7. The first-order valence-corrected chi connectivity index (χ1v) is 27.2. The summed E-state index contributed by atoms with van der Waals surface area (Å²) >= 11 is 0. The lowest BCUT2D eigenvalue weighted by Crippen LogP contribution is -2.29. The number of nitrogens with one attached hydrogen (secondary N) is 4. The normalized spacial score (nSPS) is 19.2. The van der Waals surface area contributed by atoms with E-state index in [2.05, 4.69) is 128 Å². The van der Waals surface area contributed by atoms with Crippen LogP contribution in [0.25, 0.3) is 89.2 Å². The molecule has 0 radical (unpaired) electrons. The zero-order valence-corrected chi connectivity index (χ0v) is 43.9. The number of hydrogen-bond donors (Lipinski definition) is 5. The minimum absolute atomic E-state index is 0.0616. The molecular weight excluding hydrogens is 951 g/mol. The Labute approximate surface area is 441 Å². The first kappa shape index (κ1) is 50.6. The fraction of sp³-hybridized carbons (Fsp3) is 0.390. The van der Waals surface area contributed by atoms with Gasteiger partial charge in [0.25, 0.3) is 0 Å². The highest BCUT2D eigenvalue weighted by molar-refractivity contribution is 5.97. The van der Waals surface area contributed by atoms with E-state index in [1.54, 1.807) is 0 Å². The molecule has 0 bridgehead atoms. The van der Waals surface area contributed by atoms with Gasteiger partial charge in [-0.25, -0.2) is 9.97 Å². The number of aromatic amines is 4. The Morgan fingerprint density at radius 2 is 1.08 bits per heavy atom. The summed E-state index contributed by atoms with van der Waals surface area (Å²) in [5.41, 5.74) is 16.3. The number of benzene rings is 2. The van der Waals surface area contributed by atoms with Gasteiger partial charge in [-0.2, -0.15) is 15.1 Å². The first-order valence-electron chi connectivity index (χ1n) is 27.2. The molecule has 1 saturated heterocycles. The zero-order chi connectivity index (χ0) is 52.1. The van der Waals surface area contributed by atoms with Gasteiger partial charge in [0.05, 0.1) is 57.6 Å². The van der Waals surface area contributed by atoms with Crippen molar-refractivity contribution >= 4 is 43.9 Å². The van der Waals surface area contributed by atoms with Gasteiger partial charge in [-0.15, -0.1) is 0 Å². The van der Waals surface area contributed by atoms with Crippen molar-refractivity contribution in [2.75, 3.05) is 27.2 Å². The molecule has 2 saturated carbocycles. The molecule has 3 aliphatic rings. The lowest BCUT2D eigenvalue weighted by atomic mass is 9.82. The van der Waals surface area contributed by atoms with E-state index in [0.29, 0.717) is 11.8 Å². The Morgan fingerprint density at radius 1 is 0.579 bits per heavy atom. The Hall–Kier alpha value is -7.60. The molecule has 5 N–H and O–H groups in total. The summed E-state index contributed by atoms with van der Waals surface area (Å²) in [6.07, 6.45) is 26.1. The van der Waals surface area contributed by atoms with E-state index < -0.39 is 0 Å². The fourth-order valence-electron chi connectivity index (χ4n) is 11.6. The molecule has 0 spiro atoms. The van der Waals surface area contributed by atoms with Crippen LogP contribution in [0, 0.1) is 4.91 Å². The van der Waals surface area contributed by atoms with Gasteiger partial charge in [-0.05, 0) is 162 Å². The Balaban J connectivity index is 0.000000158. The zero-order valence-electron chi connectivity index (χ0n) is 43.9. The number of rotatable bonds is 11. The van der Waals surface area contributed by atoms with Gasteiger partial charge in [-0.1, -0.05) is 37.6 Å². The summed E-state index contributed by atoms with van der Waals surface area (Å²) in [6.45, 7) is 8.12. The van der Waals surface area contributed by atoms with Crippen LogP contribution in [0.15, 0.2) is 103 Å². The van der Waals surface area contributed by atoms with Crippen LogP contribution >= 0.6 is 0 Å². The fourth-order valence-corrected chi connectivity index (χ4v) is 11.6. The molecule has 1 aliphatic heterocycles. The predicted octanol–water partition coefficient (Wildman–Crippen LogP) is 12.0. The molecule has 2 aromatic carbocycles. The molecule has 2 aliphatic carbocycles. The van der Waals surface area contributed by atoms with Crippen molar-refractivity contribution < 1.29 is 5.11 Å². The third-order valence-electron chi connectivity index (χ3n) is 15.5. The largest absolute Gasteiger partial charge is 0.393 e. The number of aliphatic hydroxyl groups is 1. The van der Waals surface area contributed by atoms with Gasteiger partial charge in [0.2, 0.25) is 0 Å². The van der Waals surface area contributed by atoms with E-state index in [1.807, 2.05) is 63.4 Å². The van der Waals surface area contributed by atoms with Gasteiger partial charge in [-0.3, -0.25) is 35.0 Å². The third kappa shape index (κ3) is 10.8. The number of H-pyrrole nitrogens is 4. The maximum absolute atomic E-state index is 11.0. The Kier molecular flexibility index (Phi) is 15.1. The van der Waals surface area contributed by atoms with Crippen molar-refractivity contribution in [2.45, 2.75) is 122 Å². The number of pyridine rings is 4. The molecule has 9 heterocycles. The monoisotopic (exact) mass is 1020 g/mol. The van der Waals surface area contributed by atoms with Gasteiger partial charge < -0.3 is 20.0 Å². The lowest BCUT2D eigenvalue weighted by molar-refractivity contribution is 0.122. The summed E-state index contributed by atoms with van der Waals surface area (Å²) < 4.78 is 0. The van der Waals surface area contributed by atoms with Crippen LogP contribution in [0.5, 0.6) is 0 Å². The molecule has 10 aromatic rings. The van der Waals surface area contributed by atoms with E-state index in [0.717, 1.165) is 165 Å². The second-order valence-corrected chi connectivity index (χ2v) is 20.9. The average Bonchev–Trinajstić information content (AvgIpc) is 4.30. The van der Waals surface area contributed by atoms with Gasteiger partial charge in [0.1, 0.15) is 11.4 Å². The van der Waals surface area contributed by atoms with Crippen molar-refractivity contribution in [3.63, 3.8) is 0 Å². The number of aliphatic hydroxyl groups excluding tert-OH is 1. The number of aromatic nitrogens is 12. The number of nitrogens with zero attached hydrogens (tertiary/aromatic N) is 11. The first-order chi connectivity index (χ1) is 37.3. The van der Waals surface area contributed by atoms with Crippen LogP contribution in [0.3, 0.4) is 0 Å². The maximum atomic E-state index is 11.0. The van der Waals surface area contributed by atoms with E-state index in [4.69, 9.17) is 9.97 Å². The standard InChI is InChI=1S/C30H32N8O.C27H29N7O.C2H6/c39-37-23-7-4-20(5-8-23)25-16-32-17-27-28(25)34-30(33-27)29-24-13-21(6-9-26(24)35-36-29)22-12-19(14-31-15-22)18-38-10-2-1-3-11-38;1-34(2)15-16-9-19(12-28-11-16)18-5-8-23-21(10-18)26(33-32-23)27-30-24-14-29-13-22(25(24)31-27)17-3-6-20(35)7-4-17;1-2/h6,9,12-17,20,23H,1-5,7-8,10-11,18H2,(H,33,34)(H,35,36);5,8-14,17,20,35H,3-4,6-7,15H2,1-2H3,(H,30,31)(H,32,33);1-2H3. The smallest absolute Gasteiger partial charge is 0.159 e. The Morgan fingerprint density at radius 3 is 1.61 bits per heavy atom. The van der Waals surface area contributed by atoms with E-state index in [-0.39, 0.29) is 12.1 Å². The molecule has 390 valence electrons. The molecule has 17 nitrogen and oxygen atoms in total. The van der Waals surface area contributed by atoms with Crippen molar-refractivity contribution in [1.82, 2.24) is 70.1 Å². The highest BCUT2D eigenvalue weighted by Gasteiger charge is 2.27. The molecule has 3 fully saturated rings. The number of likely N-dealkylation sites (tertiary alicyclic amines) is 1. The molecule has 0 amide bonds. The molecule has 8 aromatic heterocycles. The summed E-state index contributed by atoms with van der Waals surface area (Å²) in [4.78, 5) is 50.5. The molecule has 0 atom stereocenters. The number of nitroso groups, excluding NO2 is 1. The number of fused-ring (bicyclic) bond motifs is 4. The van der Waals surface area contributed by atoms with Crippen LogP contribution in [0.4, 0.5) is 0 Å². The summed E-state index contributed by atoms with van der Waals surface area (Å²) in [7, 11) is 4.12. The van der Waals surface area contributed by atoms with Gasteiger partial charge >= 0.3 is 0 Å². The third-order valence-corrected chi connectivity index (χ3v) is 15.5. The summed E-state index contributed by atoms with van der Waals surface area (Å²) in [6, 6.07) is 17.1. The highest BCUT2D eigenvalue weighted by atomic mass is 16.3. The topological polar surface area (TPSA) is 222 Å². The summed E-state index contributed by atoms with van der Waals surface area (Å²) in [5.74, 6) is 2.16. The van der Waals surface area contributed by atoms with Crippen molar-refractivity contribution in [3.8, 4) is 45.3 Å². The summed E-state index contributed by atoms with van der Waals surface area (Å²) in [5, 5.41) is 30.8. The molecular formula is C59H67N15O2. The lowest BCUT2D eigenvalue weighted by Gasteiger charge is -2.26. The highest BCUT2D eigenvalue weighted by Crippen LogP contribution is 2.40. The average molecular weight is 1020 g/mol. The minimum atomic E-state index is -0.184. The SMILES string of the molecule is CC.CN(C)Cc1cncc(-c2ccc3[nH]nc(-c4nc5c(C6CCC(O)CC6)cncc5[nH]4)c3c2)c1.O=NC1CCC(c2cncc3[nH]c(-c4n[nH]c5ccc(-c6cncc(CN7CCCCC7)c6)cc45)nc23)CC1. The van der Waals surface area contributed by atoms with Gasteiger partial charge in [0.15, 0.2) is 11.6 Å². The molecule has 0 unspecified atom stereocenters. The number of imidazole rings is 2. The van der Waals surface area contributed by atoms with Crippen molar-refractivity contribution in [3.05, 3.63) is 125 Å². The van der Waals surface area contributed by atoms with Crippen LogP contribution < -0.4 is 0 Å². The van der Waals surface area contributed by atoms with Crippen LogP contribution in [0.2, 0.25) is 0 Å².